The summed E-state index contributed by atoms with van der Waals surface area (Å²) in [6.07, 6.45) is 16.4. The molecule has 0 saturated carbocycles. The second-order valence-corrected chi connectivity index (χ2v) is 21.0. The van der Waals surface area contributed by atoms with E-state index in [2.05, 4.69) is 105 Å². The lowest BCUT2D eigenvalue weighted by Gasteiger charge is -2.12. The van der Waals surface area contributed by atoms with Gasteiger partial charge in [-0.1, -0.05) is 0 Å². The van der Waals surface area contributed by atoms with Gasteiger partial charge in [0.2, 0.25) is 0 Å². The van der Waals surface area contributed by atoms with Crippen LogP contribution in [0.4, 0.5) is 0 Å². The predicted octanol–water partition coefficient (Wildman–Crippen LogP) is 16.2. The maximum atomic E-state index is 6.91. The van der Waals surface area contributed by atoms with Crippen molar-refractivity contribution in [2.24, 2.45) is 0 Å². The topological polar surface area (TPSA) is 170 Å². The summed E-state index contributed by atoms with van der Waals surface area (Å²) in [6, 6.07) is 55.6. The van der Waals surface area contributed by atoms with E-state index in [0.717, 1.165) is 149 Å². The van der Waals surface area contributed by atoms with Crippen molar-refractivity contribution in [3.8, 4) is 50.4 Å². The number of furan rings is 3. The third kappa shape index (κ3) is 6.25. The first kappa shape index (κ1) is 44.8. The normalized spacial score (nSPS) is 12.3. The van der Waals surface area contributed by atoms with Gasteiger partial charge >= 0.3 is 0 Å². The Hall–Kier alpha value is -12.0. The van der Waals surface area contributed by atoms with Gasteiger partial charge in [-0.15, -0.1) is 0 Å². The van der Waals surface area contributed by atoms with E-state index in [0.29, 0.717) is 33.5 Å². The average Bonchev–Trinajstić information content (AvgIpc) is 4.59. The van der Waals surface area contributed by atoms with Crippen LogP contribution in [0.1, 0.15) is 0 Å². The Morgan fingerprint density at radius 2 is 0.488 bits per heavy atom. The van der Waals surface area contributed by atoms with Crippen molar-refractivity contribution < 1.29 is 13.3 Å². The van der Waals surface area contributed by atoms with Crippen molar-refractivity contribution in [2.45, 2.75) is 0 Å². The van der Waals surface area contributed by atoms with Crippen molar-refractivity contribution in [1.82, 2.24) is 58.6 Å². The molecule has 0 amide bonds. The fourth-order valence-corrected chi connectivity index (χ4v) is 12.9. The summed E-state index contributed by atoms with van der Waals surface area (Å²) < 4.78 is 27.3. The summed E-state index contributed by atoms with van der Waals surface area (Å²) in [4.78, 5) is 43.5. The van der Waals surface area contributed by atoms with Gasteiger partial charge in [-0.05, 0) is 180 Å². The molecular formula is C69H36N12O3. The second-order valence-electron chi connectivity index (χ2n) is 21.0. The van der Waals surface area contributed by atoms with Gasteiger partial charge in [0.25, 0.3) is 0 Å². The van der Waals surface area contributed by atoms with Crippen LogP contribution in [0, 0.1) is 0 Å². The van der Waals surface area contributed by atoms with Crippen LogP contribution in [-0.4, -0.2) is 58.6 Å². The highest BCUT2D eigenvalue weighted by Gasteiger charge is 2.24. The lowest BCUT2D eigenvalue weighted by atomic mass is 9.93. The van der Waals surface area contributed by atoms with Gasteiger partial charge in [0.15, 0.2) is 16.7 Å². The van der Waals surface area contributed by atoms with Crippen LogP contribution in [0.5, 0.6) is 0 Å². The van der Waals surface area contributed by atoms with Crippen molar-refractivity contribution in [3.63, 3.8) is 0 Å². The van der Waals surface area contributed by atoms with Crippen LogP contribution in [0.3, 0.4) is 0 Å². The number of aromatic nitrogens is 12. The summed E-state index contributed by atoms with van der Waals surface area (Å²) in [5.41, 5.74) is 25.1. The molecule has 390 valence electrons. The molecular weight excluding hydrogens is 1040 g/mol. The minimum atomic E-state index is 0.650. The van der Waals surface area contributed by atoms with Gasteiger partial charge in [0.05, 0.1) is 33.1 Å². The Kier molecular flexibility index (Phi) is 8.96. The van der Waals surface area contributed by atoms with Crippen molar-refractivity contribution in [1.29, 1.82) is 0 Å². The van der Waals surface area contributed by atoms with Crippen molar-refractivity contribution in [3.05, 3.63) is 220 Å². The maximum Gasteiger partial charge on any atom is 0.161 e. The Bertz CT molecular complexity index is 5290. The fourth-order valence-electron chi connectivity index (χ4n) is 12.9. The summed E-state index contributed by atoms with van der Waals surface area (Å²) in [5, 5.41) is 2.63. The van der Waals surface area contributed by atoms with Crippen LogP contribution >= 0.6 is 0 Å². The summed E-state index contributed by atoms with van der Waals surface area (Å²) in [5.74, 6) is 0. The van der Waals surface area contributed by atoms with Crippen LogP contribution in [0.15, 0.2) is 233 Å². The number of benzene rings is 4. The highest BCUT2D eigenvalue weighted by Crippen LogP contribution is 2.45. The van der Waals surface area contributed by atoms with Gasteiger partial charge in [0, 0.05) is 106 Å². The van der Waals surface area contributed by atoms with Crippen LogP contribution in [0.25, 0.3) is 183 Å². The highest BCUT2D eigenvalue weighted by molar-refractivity contribution is 6.14. The molecule has 15 heteroatoms. The van der Waals surface area contributed by atoms with E-state index in [-0.39, 0.29) is 0 Å². The molecule has 0 atom stereocenters. The predicted molar refractivity (Wildman–Crippen MR) is 328 cm³/mol. The third-order valence-corrected chi connectivity index (χ3v) is 16.5. The van der Waals surface area contributed by atoms with E-state index >= 15 is 0 Å². The zero-order chi connectivity index (χ0) is 54.7. The highest BCUT2D eigenvalue weighted by atomic mass is 16.3. The Morgan fingerprint density at radius 3 is 0.750 bits per heavy atom. The maximum absolute atomic E-state index is 6.91. The molecule has 0 unspecified atom stereocenters. The molecule has 0 aliphatic heterocycles. The number of pyridine rings is 9. The average molecular weight is 1080 g/mol. The Balaban J connectivity index is 0.816. The van der Waals surface area contributed by atoms with Gasteiger partial charge in [-0.25, -0.2) is 0 Å². The Morgan fingerprint density at radius 1 is 0.238 bits per heavy atom. The largest absolute Gasteiger partial charge is 0.454 e. The van der Waals surface area contributed by atoms with Gasteiger partial charge in [-0.3, -0.25) is 44.9 Å². The van der Waals surface area contributed by atoms with E-state index in [1.54, 1.807) is 37.2 Å². The first-order valence-electron chi connectivity index (χ1n) is 27.4. The molecule has 0 bridgehead atoms. The summed E-state index contributed by atoms with van der Waals surface area (Å²) in [7, 11) is 0. The minimum Gasteiger partial charge on any atom is -0.454 e. The number of hydrogen-bond acceptors (Lipinski definition) is 12. The molecule has 0 aliphatic carbocycles. The fraction of sp³-hybridized carbons (Fsp3) is 0. The van der Waals surface area contributed by atoms with Crippen LogP contribution < -0.4 is 0 Å². The molecule has 15 nitrogen and oxygen atoms in total. The van der Waals surface area contributed by atoms with E-state index < -0.39 is 0 Å². The molecule has 0 saturated heterocycles. The lowest BCUT2D eigenvalue weighted by molar-refractivity contribution is 0.669. The smallest absolute Gasteiger partial charge is 0.161 e. The monoisotopic (exact) mass is 1080 g/mol. The zero-order valence-electron chi connectivity index (χ0n) is 43.9. The summed E-state index contributed by atoms with van der Waals surface area (Å²) >= 11 is 0. The Labute approximate surface area is 472 Å². The number of fused-ring (bicyclic) bond motifs is 18. The zero-order valence-corrected chi connectivity index (χ0v) is 43.9. The molecule has 19 rings (SSSR count). The molecule has 0 N–H and O–H groups in total. The third-order valence-electron chi connectivity index (χ3n) is 16.5. The molecule has 0 radical (unpaired) electrons. The molecule has 0 aliphatic rings. The lowest BCUT2D eigenvalue weighted by Crippen LogP contribution is -1.93. The van der Waals surface area contributed by atoms with Crippen LogP contribution in [0.2, 0.25) is 0 Å². The van der Waals surface area contributed by atoms with Gasteiger partial charge < -0.3 is 27.0 Å². The van der Waals surface area contributed by atoms with Crippen molar-refractivity contribution in [2.75, 3.05) is 0 Å². The SMILES string of the molecule is c1cnc2c3ncccc3n(-c3ccc4oc5c(-c6cc(-c7ccnc8c7oc7ccc(-n9c%10cccnc%10c%10ncccc%109)cc78)cc(-c7ccnc8c7oc7ccc(-n9c%10cccnc%10c%10ncccc%109)cc78)c6)ccnc5c4c3)c2c1. The quantitative estimate of drug-likeness (QED) is 0.155. The minimum absolute atomic E-state index is 0.650. The molecule has 15 aromatic heterocycles. The number of hydrogen-bond donors (Lipinski definition) is 0. The van der Waals surface area contributed by atoms with E-state index in [9.17, 15) is 0 Å². The van der Waals surface area contributed by atoms with Crippen LogP contribution in [-0.2, 0) is 0 Å². The first-order chi connectivity index (χ1) is 41.6. The second kappa shape index (κ2) is 16.8. The molecule has 0 spiro atoms. The number of nitrogens with zero attached hydrogens (tertiary/aromatic N) is 12. The molecule has 0 fully saturated rings. The van der Waals surface area contributed by atoms with Crippen molar-refractivity contribution >= 4 is 132 Å². The van der Waals surface area contributed by atoms with Gasteiger partial charge in [0.1, 0.15) is 66.4 Å². The summed E-state index contributed by atoms with van der Waals surface area (Å²) in [6.45, 7) is 0. The van der Waals surface area contributed by atoms with E-state index in [1.165, 1.54) is 0 Å². The molecule has 4 aromatic carbocycles. The number of rotatable bonds is 6. The van der Waals surface area contributed by atoms with Gasteiger partial charge in [-0.2, -0.15) is 0 Å². The molecule has 84 heavy (non-hydrogen) atoms. The van der Waals surface area contributed by atoms with E-state index in [1.807, 2.05) is 91.4 Å². The first-order valence-corrected chi connectivity index (χ1v) is 27.4. The standard InChI is InChI=1S/C69H36N12O3/c1-7-49-61(70-22-1)62-50(8-2-23-71-62)79(49)40-13-16-55-46(34-40)58-67(82-55)43(19-28-76-58)37-31-38(44-20-29-77-59-47-35-41(14-17-56(47)83-68(44)59)80-51-9-3-24-72-63(51)64-52(80)10-4-25-73-64)33-39(32-37)45-21-30-78-60-48-36-42(15-18-57(48)84-69(45)60)81-53-11-5-26-74-65(53)66-54(81)12-6-27-75-66/h1-36H. The van der Waals surface area contributed by atoms with E-state index in [4.69, 9.17) is 58.1 Å². The molecule has 15 heterocycles. The molecule has 19 aromatic rings.